The molecule has 0 aliphatic carbocycles. The molecule has 8 heteroatoms. The van der Waals surface area contributed by atoms with Crippen LogP contribution in [0.5, 0.6) is 0 Å². The second kappa shape index (κ2) is 7.76. The molecule has 1 aromatic heterocycles. The topological polar surface area (TPSA) is 79.6 Å². The fraction of sp³-hybridized carbons (Fsp3) is 0.571. The van der Waals surface area contributed by atoms with Gasteiger partial charge in [0.1, 0.15) is 6.04 Å². The van der Waals surface area contributed by atoms with Gasteiger partial charge in [0.25, 0.3) is 0 Å². The Morgan fingerprint density at radius 1 is 1.10 bits per heavy atom. The molecule has 0 spiro atoms. The molecule has 0 bridgehead atoms. The smallest absolute Gasteiger partial charge is 0.306 e. The number of benzene rings is 1. The van der Waals surface area contributed by atoms with Crippen LogP contribution in [0, 0.1) is 0 Å². The fourth-order valence-corrected chi connectivity index (χ4v) is 4.71. The van der Waals surface area contributed by atoms with Crippen molar-refractivity contribution < 1.29 is 9.59 Å². The molecule has 0 radical (unpaired) electrons. The first-order valence-corrected chi connectivity index (χ1v) is 10.3. The van der Waals surface area contributed by atoms with Crippen molar-refractivity contribution in [3.05, 3.63) is 34.2 Å². The molecule has 1 unspecified atom stereocenters. The summed E-state index contributed by atoms with van der Waals surface area (Å²) in [6.07, 6.45) is 2.88. The van der Waals surface area contributed by atoms with Gasteiger partial charge < -0.3 is 4.90 Å². The Labute approximate surface area is 170 Å². The molecule has 2 saturated heterocycles. The number of fused-ring (bicyclic) bond motifs is 1. The molecule has 3 heterocycles. The molecule has 2 aromatic rings. The van der Waals surface area contributed by atoms with Gasteiger partial charge in [-0.1, -0.05) is 12.1 Å². The Morgan fingerprint density at radius 2 is 1.83 bits per heavy atom. The van der Waals surface area contributed by atoms with E-state index in [1.165, 1.54) is 0 Å². The van der Waals surface area contributed by atoms with Gasteiger partial charge in [-0.15, -0.1) is 0 Å². The number of para-hydroxylation sites is 1. The minimum absolute atomic E-state index is 0.215. The molecule has 2 aliphatic heterocycles. The molecule has 4 rings (SSSR count). The van der Waals surface area contributed by atoms with Gasteiger partial charge in [-0.2, -0.15) is 0 Å². The standard InChI is InChI=1S/C21H29N5O3/c1-23(2)15-9-11-25(12-10-15)13-14-5-4-6-16-19(14)24(3)21(29)26(16)17-7-8-18(27)22-20(17)28/h4-6,15,17H,7-13H2,1-3H3,(H,22,27,28). The molecule has 2 amide bonds. The quantitative estimate of drug-likeness (QED) is 0.771. The third kappa shape index (κ3) is 3.62. The van der Waals surface area contributed by atoms with Crippen molar-refractivity contribution in [2.45, 2.75) is 44.3 Å². The molecule has 2 aliphatic rings. The van der Waals surface area contributed by atoms with E-state index in [1.54, 1.807) is 16.2 Å². The zero-order valence-corrected chi connectivity index (χ0v) is 17.4. The number of carbonyl (C=O) groups excluding carboxylic acids is 2. The summed E-state index contributed by atoms with van der Waals surface area (Å²) in [6, 6.07) is 5.89. The average Bonchev–Trinajstić information content (AvgIpc) is 2.94. The van der Waals surface area contributed by atoms with Gasteiger partial charge in [-0.05, 0) is 58.1 Å². The van der Waals surface area contributed by atoms with E-state index in [1.807, 2.05) is 12.1 Å². The Hall–Kier alpha value is -2.45. The number of piperidine rings is 2. The predicted molar refractivity (Wildman–Crippen MR) is 111 cm³/mol. The third-order valence-corrected chi connectivity index (χ3v) is 6.39. The SMILES string of the molecule is CN(C)C1CCN(Cc2cccc3c2n(C)c(=O)n3C2CCC(=O)NC2=O)CC1. The lowest BCUT2D eigenvalue weighted by Crippen LogP contribution is -2.44. The van der Waals surface area contributed by atoms with E-state index in [0.29, 0.717) is 12.5 Å². The molecule has 1 N–H and O–H groups in total. The summed E-state index contributed by atoms with van der Waals surface area (Å²) in [5, 5.41) is 2.36. The van der Waals surface area contributed by atoms with Crippen molar-refractivity contribution >= 4 is 22.8 Å². The number of imidazole rings is 1. The van der Waals surface area contributed by atoms with Gasteiger partial charge >= 0.3 is 5.69 Å². The Balaban J connectivity index is 1.65. The average molecular weight is 399 g/mol. The van der Waals surface area contributed by atoms with E-state index in [0.717, 1.165) is 49.1 Å². The second-order valence-electron chi connectivity index (χ2n) is 8.43. The molecule has 156 valence electrons. The van der Waals surface area contributed by atoms with E-state index in [2.05, 4.69) is 35.3 Å². The minimum atomic E-state index is -0.644. The number of imide groups is 1. The van der Waals surface area contributed by atoms with Gasteiger partial charge in [-0.3, -0.25) is 28.9 Å². The van der Waals surface area contributed by atoms with Crippen molar-refractivity contribution in [2.75, 3.05) is 27.2 Å². The summed E-state index contributed by atoms with van der Waals surface area (Å²) in [5.74, 6) is -0.673. The maximum atomic E-state index is 13.0. The van der Waals surface area contributed by atoms with Crippen molar-refractivity contribution in [3.8, 4) is 0 Å². The number of aromatic nitrogens is 2. The largest absolute Gasteiger partial charge is 0.329 e. The van der Waals surface area contributed by atoms with Crippen LogP contribution >= 0.6 is 0 Å². The Kier molecular flexibility index (Phi) is 5.31. The number of amides is 2. The first-order chi connectivity index (χ1) is 13.9. The lowest BCUT2D eigenvalue weighted by Gasteiger charge is -2.35. The minimum Gasteiger partial charge on any atom is -0.306 e. The highest BCUT2D eigenvalue weighted by Crippen LogP contribution is 2.26. The highest BCUT2D eigenvalue weighted by molar-refractivity contribution is 6.00. The Bertz CT molecular complexity index is 998. The summed E-state index contributed by atoms with van der Waals surface area (Å²) >= 11 is 0. The molecular weight excluding hydrogens is 370 g/mol. The molecular formula is C21H29N5O3. The third-order valence-electron chi connectivity index (χ3n) is 6.39. The maximum Gasteiger partial charge on any atom is 0.329 e. The van der Waals surface area contributed by atoms with Crippen LogP contribution in [0.15, 0.2) is 23.0 Å². The lowest BCUT2D eigenvalue weighted by molar-refractivity contribution is -0.135. The number of hydrogen-bond donors (Lipinski definition) is 1. The summed E-state index contributed by atoms with van der Waals surface area (Å²) in [4.78, 5) is 41.6. The van der Waals surface area contributed by atoms with E-state index in [9.17, 15) is 14.4 Å². The summed E-state index contributed by atoms with van der Waals surface area (Å²) in [7, 11) is 6.03. The maximum absolute atomic E-state index is 13.0. The first-order valence-electron chi connectivity index (χ1n) is 10.3. The number of hydrogen-bond acceptors (Lipinski definition) is 5. The van der Waals surface area contributed by atoms with Crippen molar-refractivity contribution in [3.63, 3.8) is 0 Å². The van der Waals surface area contributed by atoms with Crippen LogP contribution in [0.4, 0.5) is 0 Å². The number of carbonyl (C=O) groups is 2. The van der Waals surface area contributed by atoms with Crippen LogP contribution in [-0.2, 0) is 23.2 Å². The molecule has 0 saturated carbocycles. The zero-order valence-electron chi connectivity index (χ0n) is 17.4. The normalized spacial score (nSPS) is 21.9. The number of nitrogens with one attached hydrogen (secondary N) is 1. The van der Waals surface area contributed by atoms with Crippen LogP contribution in [-0.4, -0.2) is 64.0 Å². The predicted octanol–water partition coefficient (Wildman–Crippen LogP) is 0.844. The highest BCUT2D eigenvalue weighted by Gasteiger charge is 2.31. The van der Waals surface area contributed by atoms with Gasteiger partial charge in [0.15, 0.2) is 0 Å². The van der Waals surface area contributed by atoms with Crippen LogP contribution in [0.3, 0.4) is 0 Å². The van der Waals surface area contributed by atoms with Gasteiger partial charge in [0.05, 0.1) is 11.0 Å². The monoisotopic (exact) mass is 399 g/mol. The van der Waals surface area contributed by atoms with Crippen molar-refractivity contribution in [1.29, 1.82) is 0 Å². The number of rotatable bonds is 4. The second-order valence-corrected chi connectivity index (χ2v) is 8.43. The molecule has 1 aromatic carbocycles. The summed E-state index contributed by atoms with van der Waals surface area (Å²) in [5.41, 5.74) is 2.51. The summed E-state index contributed by atoms with van der Waals surface area (Å²) < 4.78 is 3.19. The van der Waals surface area contributed by atoms with E-state index >= 15 is 0 Å². The van der Waals surface area contributed by atoms with E-state index < -0.39 is 11.9 Å². The zero-order chi connectivity index (χ0) is 20.7. The van der Waals surface area contributed by atoms with Gasteiger partial charge in [0.2, 0.25) is 11.8 Å². The number of likely N-dealkylation sites (tertiary alicyclic amines) is 1. The van der Waals surface area contributed by atoms with Crippen LogP contribution in [0.25, 0.3) is 11.0 Å². The van der Waals surface area contributed by atoms with E-state index in [-0.39, 0.29) is 18.0 Å². The lowest BCUT2D eigenvalue weighted by atomic mass is 10.0. The first kappa shape index (κ1) is 19.8. The van der Waals surface area contributed by atoms with Gasteiger partial charge in [0, 0.05) is 26.1 Å². The molecule has 29 heavy (non-hydrogen) atoms. The molecule has 8 nitrogen and oxygen atoms in total. The Morgan fingerprint density at radius 3 is 2.48 bits per heavy atom. The van der Waals surface area contributed by atoms with Crippen molar-refractivity contribution in [2.24, 2.45) is 7.05 Å². The summed E-state index contributed by atoms with van der Waals surface area (Å²) in [6.45, 7) is 2.84. The number of aryl methyl sites for hydroxylation is 1. The van der Waals surface area contributed by atoms with Gasteiger partial charge in [-0.25, -0.2) is 4.79 Å². The highest BCUT2D eigenvalue weighted by atomic mass is 16.2. The van der Waals surface area contributed by atoms with Crippen molar-refractivity contribution in [1.82, 2.24) is 24.3 Å². The van der Waals surface area contributed by atoms with Crippen LogP contribution in [0.1, 0.15) is 37.3 Å². The molecule has 2 fully saturated rings. The van der Waals surface area contributed by atoms with E-state index in [4.69, 9.17) is 0 Å². The number of nitrogens with zero attached hydrogens (tertiary/aromatic N) is 4. The fourth-order valence-electron chi connectivity index (χ4n) is 4.71. The van der Waals surface area contributed by atoms with Crippen LogP contribution < -0.4 is 11.0 Å². The van der Waals surface area contributed by atoms with Crippen LogP contribution in [0.2, 0.25) is 0 Å². The molecule has 1 atom stereocenters.